The van der Waals surface area contributed by atoms with E-state index in [9.17, 15) is 0 Å². The Morgan fingerprint density at radius 3 is 1.64 bits per heavy atom. The summed E-state index contributed by atoms with van der Waals surface area (Å²) in [7, 11) is 3.27. The zero-order chi connectivity index (χ0) is 28.7. The van der Waals surface area contributed by atoms with Gasteiger partial charge in [-0.15, -0.1) is 24.8 Å². The summed E-state index contributed by atoms with van der Waals surface area (Å²) in [5.74, 6) is 3.27. The third kappa shape index (κ3) is 12.7. The fourth-order valence-electron chi connectivity index (χ4n) is 3.86. The molecule has 0 spiro atoms. The number of hydrogen-bond acceptors (Lipinski definition) is 6. The molecule has 0 aliphatic heterocycles. The molecule has 0 atom stereocenters. The Kier molecular flexibility index (Phi) is 18.0. The summed E-state index contributed by atoms with van der Waals surface area (Å²) in [6, 6.07) is 28.4. The number of methoxy groups -OCH3 is 2. The maximum Gasteiger partial charge on any atom is 0.133 e. The van der Waals surface area contributed by atoms with E-state index in [0.29, 0.717) is 26.3 Å². The monoisotopic (exact) mass is 726 g/mol. The number of nitrogens with two attached hydrogens (primary N) is 2. The van der Waals surface area contributed by atoms with Crippen LogP contribution in [0.5, 0.6) is 23.0 Å². The average Bonchev–Trinajstić information content (AvgIpc) is 2.97. The van der Waals surface area contributed by atoms with Gasteiger partial charge in [-0.2, -0.15) is 0 Å². The van der Waals surface area contributed by atoms with E-state index in [1.54, 1.807) is 14.2 Å². The predicted octanol–water partition coefficient (Wildman–Crippen LogP) is 7.31. The van der Waals surface area contributed by atoms with Gasteiger partial charge >= 0.3 is 0 Å². The zero-order valence-electron chi connectivity index (χ0n) is 24.3. The summed E-state index contributed by atoms with van der Waals surface area (Å²) >= 11 is 2.31. The summed E-state index contributed by atoms with van der Waals surface area (Å²) in [5.41, 5.74) is 17.0. The van der Waals surface area contributed by atoms with Crippen molar-refractivity contribution in [1.29, 1.82) is 0 Å². The van der Waals surface area contributed by atoms with Crippen LogP contribution in [-0.4, -0.2) is 27.3 Å². The van der Waals surface area contributed by atoms with Gasteiger partial charge < -0.3 is 30.4 Å². The van der Waals surface area contributed by atoms with E-state index in [4.69, 9.17) is 30.4 Å². The fourth-order valence-corrected chi connectivity index (χ4v) is 4.60. The molecule has 0 aliphatic rings. The molecule has 4 aromatic rings. The Balaban J connectivity index is 0.000000403. The molecule has 0 saturated heterocycles. The zero-order valence-corrected chi connectivity index (χ0v) is 28.1. The number of ether oxygens (including phenoxy) is 4. The maximum absolute atomic E-state index is 5.86. The van der Waals surface area contributed by atoms with Crippen molar-refractivity contribution in [1.82, 2.24) is 0 Å². The molecule has 0 fully saturated rings. The Morgan fingerprint density at radius 1 is 0.571 bits per heavy atom. The van der Waals surface area contributed by atoms with Crippen LogP contribution in [-0.2, 0) is 26.1 Å². The van der Waals surface area contributed by atoms with Gasteiger partial charge in [-0.05, 0) is 114 Å². The molecule has 0 radical (unpaired) electrons. The number of aryl methyl sites for hydroxylation is 1. The first-order valence-corrected chi connectivity index (χ1v) is 14.3. The third-order valence-corrected chi connectivity index (χ3v) is 6.96. The van der Waals surface area contributed by atoms with Gasteiger partial charge in [0, 0.05) is 6.07 Å². The standard InChI is InChI=1S/C17H21NO3.C16H18INO.2ClH/c1-19-16-9-14(10-17(11-16)20-2)12-21-15-5-3-13(4-6-15)7-8-18;1-12-2-4-14(5-3-12)11-19-16-7-6-13(8-9-18)10-15(16)17;;/h3-6,9-11H,7-8,12,18H2,1-2H3;2-7,10H,8-9,11,18H2,1H3;2*1H. The first-order chi connectivity index (χ1) is 19.4. The summed E-state index contributed by atoms with van der Waals surface area (Å²) in [6.45, 7) is 4.49. The normalized spacial score (nSPS) is 9.86. The van der Waals surface area contributed by atoms with Gasteiger partial charge in [0.05, 0.1) is 17.8 Å². The van der Waals surface area contributed by atoms with Gasteiger partial charge in [0.1, 0.15) is 36.2 Å². The van der Waals surface area contributed by atoms with Gasteiger partial charge in [-0.3, -0.25) is 0 Å². The van der Waals surface area contributed by atoms with E-state index in [0.717, 1.165) is 45.0 Å². The predicted molar refractivity (Wildman–Crippen MR) is 185 cm³/mol. The highest BCUT2D eigenvalue weighted by molar-refractivity contribution is 14.1. The molecule has 6 nitrogen and oxygen atoms in total. The Labute approximate surface area is 276 Å². The molecule has 0 aromatic heterocycles. The Hall–Kier alpha value is -2.69. The lowest BCUT2D eigenvalue weighted by Gasteiger charge is -2.10. The highest BCUT2D eigenvalue weighted by Crippen LogP contribution is 2.25. The largest absolute Gasteiger partial charge is 0.497 e. The Bertz CT molecular complexity index is 1300. The minimum atomic E-state index is 0. The number of halogens is 3. The maximum atomic E-state index is 5.86. The SMILES string of the molecule is COc1cc(COc2ccc(CCN)cc2)cc(OC)c1.Cc1ccc(COc2ccc(CCN)cc2I)cc1.Cl.Cl. The lowest BCUT2D eigenvalue weighted by molar-refractivity contribution is 0.303. The van der Waals surface area contributed by atoms with Gasteiger partial charge in [0.15, 0.2) is 0 Å². The molecule has 4 aromatic carbocycles. The molecule has 0 unspecified atom stereocenters. The summed E-state index contributed by atoms with van der Waals surface area (Å²) < 4.78 is 23.3. The van der Waals surface area contributed by atoms with Gasteiger partial charge in [0.2, 0.25) is 0 Å². The summed E-state index contributed by atoms with van der Waals surface area (Å²) in [4.78, 5) is 0. The van der Waals surface area contributed by atoms with E-state index in [2.05, 4.69) is 65.9 Å². The lowest BCUT2D eigenvalue weighted by atomic mass is 10.1. The van der Waals surface area contributed by atoms with Crippen LogP contribution >= 0.6 is 47.4 Å². The van der Waals surface area contributed by atoms with Crippen LogP contribution in [0.4, 0.5) is 0 Å². The van der Waals surface area contributed by atoms with Crippen LogP contribution in [0.15, 0.2) is 84.9 Å². The topological polar surface area (TPSA) is 89.0 Å². The van der Waals surface area contributed by atoms with Crippen LogP contribution in [0.3, 0.4) is 0 Å². The first kappa shape index (κ1) is 37.3. The van der Waals surface area contributed by atoms with Crippen molar-refractivity contribution in [2.24, 2.45) is 11.5 Å². The van der Waals surface area contributed by atoms with Crippen molar-refractivity contribution in [3.63, 3.8) is 0 Å². The molecule has 0 saturated carbocycles. The minimum Gasteiger partial charge on any atom is -0.497 e. The van der Waals surface area contributed by atoms with Gasteiger partial charge in [-0.1, -0.05) is 48.0 Å². The van der Waals surface area contributed by atoms with Crippen LogP contribution in [0.1, 0.15) is 27.8 Å². The van der Waals surface area contributed by atoms with Crippen LogP contribution < -0.4 is 30.4 Å². The summed E-state index contributed by atoms with van der Waals surface area (Å²) in [6.07, 6.45) is 1.79. The van der Waals surface area contributed by atoms with Crippen molar-refractivity contribution in [3.8, 4) is 23.0 Å². The third-order valence-electron chi connectivity index (χ3n) is 6.12. The molecule has 0 amide bonds. The average molecular weight is 728 g/mol. The second-order valence-electron chi connectivity index (χ2n) is 9.27. The number of benzene rings is 4. The molecule has 0 heterocycles. The molecular formula is C33H41Cl2IN2O4. The highest BCUT2D eigenvalue weighted by atomic mass is 127. The number of hydrogen-bond donors (Lipinski definition) is 2. The van der Waals surface area contributed by atoms with Crippen molar-refractivity contribution in [2.75, 3.05) is 27.3 Å². The van der Waals surface area contributed by atoms with E-state index in [1.807, 2.05) is 48.5 Å². The molecule has 4 N–H and O–H groups in total. The molecule has 228 valence electrons. The second kappa shape index (κ2) is 20.3. The summed E-state index contributed by atoms with van der Waals surface area (Å²) in [5, 5.41) is 0. The van der Waals surface area contributed by atoms with Crippen LogP contribution in [0.2, 0.25) is 0 Å². The molecular weight excluding hydrogens is 686 g/mol. The molecule has 4 rings (SSSR count). The van der Waals surface area contributed by atoms with Crippen LogP contribution in [0, 0.1) is 10.5 Å². The molecule has 9 heteroatoms. The van der Waals surface area contributed by atoms with Crippen molar-refractivity contribution in [3.05, 3.63) is 116 Å². The second-order valence-corrected chi connectivity index (χ2v) is 10.4. The van der Waals surface area contributed by atoms with Crippen LogP contribution in [0.25, 0.3) is 0 Å². The van der Waals surface area contributed by atoms with Crippen molar-refractivity contribution in [2.45, 2.75) is 33.0 Å². The van der Waals surface area contributed by atoms with Gasteiger partial charge in [0.25, 0.3) is 0 Å². The molecule has 42 heavy (non-hydrogen) atoms. The quantitative estimate of drug-likeness (QED) is 0.149. The van der Waals surface area contributed by atoms with E-state index < -0.39 is 0 Å². The molecule has 0 aliphatic carbocycles. The van der Waals surface area contributed by atoms with E-state index in [1.165, 1.54) is 22.3 Å². The first-order valence-electron chi connectivity index (χ1n) is 13.2. The van der Waals surface area contributed by atoms with Crippen molar-refractivity contribution < 1.29 is 18.9 Å². The lowest BCUT2D eigenvalue weighted by Crippen LogP contribution is -2.03. The van der Waals surface area contributed by atoms with Gasteiger partial charge in [-0.25, -0.2) is 0 Å². The number of rotatable bonds is 12. The highest BCUT2D eigenvalue weighted by Gasteiger charge is 2.04. The van der Waals surface area contributed by atoms with E-state index >= 15 is 0 Å². The Morgan fingerprint density at radius 2 is 1.10 bits per heavy atom. The van der Waals surface area contributed by atoms with Crippen molar-refractivity contribution >= 4 is 47.4 Å². The van der Waals surface area contributed by atoms with E-state index in [-0.39, 0.29) is 24.8 Å². The minimum absolute atomic E-state index is 0. The smallest absolute Gasteiger partial charge is 0.133 e. The fraction of sp³-hybridized carbons (Fsp3) is 0.273. The molecule has 0 bridgehead atoms.